The first kappa shape index (κ1) is 25.0. The molecule has 0 amide bonds. The largest absolute Gasteiger partial charge is 0.455 e. The number of nitriles is 1. The predicted octanol–water partition coefficient (Wildman–Crippen LogP) is 11.7. The first-order chi connectivity index (χ1) is 22.8. The Kier molecular flexibility index (Phi) is 5.06. The second-order valence-electron chi connectivity index (χ2n) is 12.0. The molecule has 0 fully saturated rings. The number of nitrogens with zero attached hydrogens (tertiary/aromatic N) is 2. The Hall–Kier alpha value is -6.37. The van der Waals surface area contributed by atoms with Crippen LogP contribution in [0.4, 0.5) is 0 Å². The fourth-order valence-corrected chi connectivity index (χ4v) is 7.55. The van der Waals surface area contributed by atoms with E-state index < -0.39 is 0 Å². The van der Waals surface area contributed by atoms with Gasteiger partial charge in [-0.3, -0.25) is 0 Å². The van der Waals surface area contributed by atoms with Crippen LogP contribution in [-0.4, -0.2) is 4.57 Å². The van der Waals surface area contributed by atoms with Crippen molar-refractivity contribution in [1.29, 1.82) is 5.26 Å². The van der Waals surface area contributed by atoms with E-state index in [4.69, 9.17) is 4.42 Å². The first-order valence-corrected chi connectivity index (χ1v) is 15.5. The predicted molar refractivity (Wildman–Crippen MR) is 191 cm³/mol. The average molecular weight is 585 g/mol. The molecular formula is C43H24N2O. The summed E-state index contributed by atoms with van der Waals surface area (Å²) in [6, 6.07) is 53.7. The molecule has 2 aromatic heterocycles. The molecule has 46 heavy (non-hydrogen) atoms. The molecule has 10 rings (SSSR count). The zero-order valence-corrected chi connectivity index (χ0v) is 24.7. The second kappa shape index (κ2) is 9.32. The Morgan fingerprint density at radius 2 is 1.11 bits per heavy atom. The van der Waals surface area contributed by atoms with E-state index >= 15 is 0 Å². The van der Waals surface area contributed by atoms with Gasteiger partial charge < -0.3 is 8.98 Å². The summed E-state index contributed by atoms with van der Waals surface area (Å²) >= 11 is 0. The van der Waals surface area contributed by atoms with E-state index in [0.29, 0.717) is 5.56 Å². The summed E-state index contributed by atoms with van der Waals surface area (Å²) in [5, 5.41) is 21.5. The zero-order valence-electron chi connectivity index (χ0n) is 24.7. The minimum Gasteiger partial charge on any atom is -0.455 e. The Bertz CT molecular complexity index is 2900. The monoisotopic (exact) mass is 584 g/mol. The maximum atomic E-state index is 9.57. The van der Waals surface area contributed by atoms with Gasteiger partial charge >= 0.3 is 0 Å². The number of hydrogen-bond acceptors (Lipinski definition) is 2. The standard InChI is InChI=1S/C43H24N2O/c44-25-26-16-20-41-38(22-26)35-12-5-6-15-40(35)45(41)28-18-21-42-39(24-28)36-14-7-13-29(43(36)46-42)27-17-19-34-32-10-2-1-8-30(32)31-9-3-4-11-33(31)37(34)23-27/h1-24H. The summed E-state index contributed by atoms with van der Waals surface area (Å²) in [6.07, 6.45) is 0. The van der Waals surface area contributed by atoms with Crippen molar-refractivity contribution in [3.8, 4) is 22.9 Å². The SMILES string of the molecule is N#Cc1ccc2c(c1)c1ccccc1n2-c1ccc2oc3c(-c4ccc5c6ccccc6c6ccccc6c5c4)cccc3c2c1. The highest BCUT2D eigenvalue weighted by Gasteiger charge is 2.17. The first-order valence-electron chi connectivity index (χ1n) is 15.5. The van der Waals surface area contributed by atoms with Gasteiger partial charge in [0.05, 0.1) is 22.7 Å². The quantitative estimate of drug-likeness (QED) is 0.190. The molecule has 2 heterocycles. The van der Waals surface area contributed by atoms with E-state index in [1.165, 1.54) is 32.3 Å². The van der Waals surface area contributed by atoms with Gasteiger partial charge in [-0.25, -0.2) is 0 Å². The molecule has 10 aromatic rings. The highest BCUT2D eigenvalue weighted by molar-refractivity contribution is 6.26. The van der Waals surface area contributed by atoms with Crippen LogP contribution in [0.1, 0.15) is 5.56 Å². The van der Waals surface area contributed by atoms with Crippen LogP contribution in [0.15, 0.2) is 150 Å². The molecule has 3 nitrogen and oxygen atoms in total. The molecular weight excluding hydrogens is 560 g/mol. The van der Waals surface area contributed by atoms with Gasteiger partial charge in [-0.1, -0.05) is 97.1 Å². The molecule has 0 aliphatic heterocycles. The molecule has 0 atom stereocenters. The lowest BCUT2D eigenvalue weighted by Gasteiger charge is -2.12. The van der Waals surface area contributed by atoms with Crippen molar-refractivity contribution in [2.45, 2.75) is 0 Å². The van der Waals surface area contributed by atoms with Crippen LogP contribution in [0.25, 0.3) is 92.9 Å². The van der Waals surface area contributed by atoms with Crippen molar-refractivity contribution in [3.05, 3.63) is 151 Å². The van der Waals surface area contributed by atoms with Crippen LogP contribution in [0, 0.1) is 11.3 Å². The fourth-order valence-electron chi connectivity index (χ4n) is 7.55. The summed E-state index contributed by atoms with van der Waals surface area (Å²) in [7, 11) is 0. The molecule has 212 valence electrons. The zero-order chi connectivity index (χ0) is 30.4. The summed E-state index contributed by atoms with van der Waals surface area (Å²) in [4.78, 5) is 0. The van der Waals surface area contributed by atoms with Gasteiger partial charge in [0.15, 0.2) is 0 Å². The van der Waals surface area contributed by atoms with E-state index in [-0.39, 0.29) is 0 Å². The van der Waals surface area contributed by atoms with Crippen LogP contribution in [0.3, 0.4) is 0 Å². The maximum absolute atomic E-state index is 9.57. The van der Waals surface area contributed by atoms with E-state index in [1.54, 1.807) is 0 Å². The number of benzene rings is 8. The number of rotatable bonds is 2. The van der Waals surface area contributed by atoms with Gasteiger partial charge in [0.2, 0.25) is 0 Å². The third-order valence-electron chi connectivity index (χ3n) is 9.60. The molecule has 0 N–H and O–H groups in total. The highest BCUT2D eigenvalue weighted by atomic mass is 16.3. The van der Waals surface area contributed by atoms with Crippen molar-refractivity contribution in [1.82, 2.24) is 4.57 Å². The lowest BCUT2D eigenvalue weighted by atomic mass is 9.92. The fraction of sp³-hybridized carbons (Fsp3) is 0. The van der Waals surface area contributed by atoms with Crippen molar-refractivity contribution in [2.75, 3.05) is 0 Å². The molecule has 0 aliphatic carbocycles. The van der Waals surface area contributed by atoms with E-state index in [0.717, 1.165) is 60.6 Å². The van der Waals surface area contributed by atoms with Gasteiger partial charge in [0.1, 0.15) is 11.2 Å². The molecule has 0 unspecified atom stereocenters. The third kappa shape index (κ3) is 3.41. The Balaban J connectivity index is 1.20. The molecule has 0 saturated heterocycles. The van der Waals surface area contributed by atoms with Crippen LogP contribution in [0.5, 0.6) is 0 Å². The number of aromatic nitrogens is 1. The van der Waals surface area contributed by atoms with Crippen LogP contribution in [-0.2, 0) is 0 Å². The third-order valence-corrected chi connectivity index (χ3v) is 9.60. The molecule has 0 radical (unpaired) electrons. The Morgan fingerprint density at radius 3 is 1.87 bits per heavy atom. The van der Waals surface area contributed by atoms with Crippen molar-refractivity contribution >= 4 is 76.1 Å². The smallest absolute Gasteiger partial charge is 0.143 e. The lowest BCUT2D eigenvalue weighted by molar-refractivity contribution is 0.670. The van der Waals surface area contributed by atoms with Crippen LogP contribution >= 0.6 is 0 Å². The van der Waals surface area contributed by atoms with Gasteiger partial charge in [-0.05, 0) is 86.4 Å². The summed E-state index contributed by atoms with van der Waals surface area (Å²) in [5.74, 6) is 0. The van der Waals surface area contributed by atoms with Crippen molar-refractivity contribution in [3.63, 3.8) is 0 Å². The highest BCUT2D eigenvalue weighted by Crippen LogP contribution is 2.41. The van der Waals surface area contributed by atoms with E-state index in [2.05, 4.69) is 144 Å². The number of furan rings is 1. The molecule has 8 aromatic carbocycles. The number of para-hydroxylation sites is 2. The maximum Gasteiger partial charge on any atom is 0.143 e. The molecule has 3 heteroatoms. The van der Waals surface area contributed by atoms with Gasteiger partial charge in [-0.2, -0.15) is 5.26 Å². The van der Waals surface area contributed by atoms with Gasteiger partial charge in [0, 0.05) is 32.8 Å². The average Bonchev–Trinajstić information content (AvgIpc) is 3.66. The van der Waals surface area contributed by atoms with Crippen molar-refractivity contribution in [2.24, 2.45) is 0 Å². The van der Waals surface area contributed by atoms with E-state index in [9.17, 15) is 5.26 Å². The molecule has 0 saturated carbocycles. The topological polar surface area (TPSA) is 41.9 Å². The van der Waals surface area contributed by atoms with Crippen LogP contribution in [0.2, 0.25) is 0 Å². The minimum absolute atomic E-state index is 0.661. The van der Waals surface area contributed by atoms with Crippen LogP contribution < -0.4 is 0 Å². The minimum atomic E-state index is 0.661. The summed E-state index contributed by atoms with van der Waals surface area (Å²) < 4.78 is 8.92. The summed E-state index contributed by atoms with van der Waals surface area (Å²) in [6.45, 7) is 0. The number of hydrogen-bond donors (Lipinski definition) is 0. The molecule has 0 aliphatic rings. The van der Waals surface area contributed by atoms with Gasteiger partial charge in [0.25, 0.3) is 0 Å². The summed E-state index contributed by atoms with van der Waals surface area (Å²) in [5.41, 5.74) is 7.86. The molecule has 0 spiro atoms. The number of fused-ring (bicyclic) bond motifs is 12. The lowest BCUT2D eigenvalue weighted by Crippen LogP contribution is -1.93. The van der Waals surface area contributed by atoms with Gasteiger partial charge in [-0.15, -0.1) is 0 Å². The van der Waals surface area contributed by atoms with E-state index in [1.807, 2.05) is 12.1 Å². The second-order valence-corrected chi connectivity index (χ2v) is 12.0. The molecule has 0 bridgehead atoms. The van der Waals surface area contributed by atoms with Crippen molar-refractivity contribution < 1.29 is 4.42 Å². The Morgan fingerprint density at radius 1 is 0.457 bits per heavy atom. The normalized spacial score (nSPS) is 11.9. The Labute approximate surface area is 263 Å².